The SMILES string of the molecule is CC(C)CN(C)[C@@H](C)[C@@H](O)c1ccccc1. The highest BCUT2D eigenvalue weighted by atomic mass is 16.3. The van der Waals surface area contributed by atoms with Crippen LogP contribution >= 0.6 is 0 Å². The Kier molecular flexibility index (Phi) is 4.97. The molecule has 0 aliphatic rings. The van der Waals surface area contributed by atoms with Crippen molar-refractivity contribution in [1.82, 2.24) is 4.90 Å². The van der Waals surface area contributed by atoms with Gasteiger partial charge in [-0.15, -0.1) is 0 Å². The third kappa shape index (κ3) is 3.62. The summed E-state index contributed by atoms with van der Waals surface area (Å²) in [6.45, 7) is 7.46. The van der Waals surface area contributed by atoms with Crippen molar-refractivity contribution in [1.29, 1.82) is 0 Å². The zero-order valence-corrected chi connectivity index (χ0v) is 10.7. The maximum Gasteiger partial charge on any atom is 0.0942 e. The molecule has 2 heteroatoms. The number of rotatable bonds is 5. The lowest BCUT2D eigenvalue weighted by Crippen LogP contribution is -2.36. The summed E-state index contributed by atoms with van der Waals surface area (Å²) >= 11 is 0. The fourth-order valence-corrected chi connectivity index (χ4v) is 1.91. The molecule has 0 spiro atoms. The zero-order valence-electron chi connectivity index (χ0n) is 10.7. The van der Waals surface area contributed by atoms with Gasteiger partial charge in [0.1, 0.15) is 0 Å². The Morgan fingerprint density at radius 2 is 1.69 bits per heavy atom. The first-order chi connectivity index (χ1) is 7.52. The molecule has 2 nitrogen and oxygen atoms in total. The van der Waals surface area contributed by atoms with E-state index >= 15 is 0 Å². The third-order valence-corrected chi connectivity index (χ3v) is 2.95. The van der Waals surface area contributed by atoms with Gasteiger partial charge in [-0.2, -0.15) is 0 Å². The van der Waals surface area contributed by atoms with Gasteiger partial charge >= 0.3 is 0 Å². The first-order valence-electron chi connectivity index (χ1n) is 5.95. The molecule has 0 amide bonds. The van der Waals surface area contributed by atoms with Crippen molar-refractivity contribution in [3.8, 4) is 0 Å². The molecule has 0 aliphatic carbocycles. The van der Waals surface area contributed by atoms with Crippen molar-refractivity contribution in [3.63, 3.8) is 0 Å². The van der Waals surface area contributed by atoms with Gasteiger partial charge in [0.15, 0.2) is 0 Å². The average molecular weight is 221 g/mol. The lowest BCUT2D eigenvalue weighted by molar-refractivity contribution is 0.0668. The second-order valence-electron chi connectivity index (χ2n) is 4.93. The van der Waals surface area contributed by atoms with Crippen LogP contribution < -0.4 is 0 Å². The highest BCUT2D eigenvalue weighted by molar-refractivity contribution is 5.18. The predicted octanol–water partition coefficient (Wildman–Crippen LogP) is 2.70. The van der Waals surface area contributed by atoms with Crippen molar-refractivity contribution in [2.75, 3.05) is 13.6 Å². The number of likely N-dealkylation sites (N-methyl/N-ethyl adjacent to an activating group) is 1. The number of nitrogens with zero attached hydrogens (tertiary/aromatic N) is 1. The largest absolute Gasteiger partial charge is 0.387 e. The lowest BCUT2D eigenvalue weighted by atomic mass is 10.0. The van der Waals surface area contributed by atoms with E-state index in [1.165, 1.54) is 0 Å². The molecular formula is C14H23NO. The minimum absolute atomic E-state index is 0.143. The fourth-order valence-electron chi connectivity index (χ4n) is 1.91. The van der Waals surface area contributed by atoms with Crippen molar-refractivity contribution in [2.24, 2.45) is 5.92 Å². The zero-order chi connectivity index (χ0) is 12.1. The molecule has 0 aliphatic heterocycles. The molecular weight excluding hydrogens is 198 g/mol. The van der Waals surface area contributed by atoms with E-state index in [4.69, 9.17) is 0 Å². The molecule has 2 atom stereocenters. The summed E-state index contributed by atoms with van der Waals surface area (Å²) in [6, 6.07) is 10.00. The summed E-state index contributed by atoms with van der Waals surface area (Å²) in [5, 5.41) is 10.2. The summed E-state index contributed by atoms with van der Waals surface area (Å²) in [7, 11) is 2.07. The van der Waals surface area contributed by atoms with E-state index in [0.29, 0.717) is 5.92 Å². The Bertz CT molecular complexity index is 297. The molecule has 0 saturated heterocycles. The van der Waals surface area contributed by atoms with Crippen LogP contribution in [0.25, 0.3) is 0 Å². The van der Waals surface area contributed by atoms with Gasteiger partial charge in [-0.25, -0.2) is 0 Å². The van der Waals surface area contributed by atoms with Crippen LogP contribution in [0.1, 0.15) is 32.4 Å². The number of benzene rings is 1. The van der Waals surface area contributed by atoms with Crippen LogP contribution in [0.5, 0.6) is 0 Å². The molecule has 1 aromatic rings. The highest BCUT2D eigenvalue weighted by Crippen LogP contribution is 2.20. The second kappa shape index (κ2) is 6.02. The maximum atomic E-state index is 10.2. The van der Waals surface area contributed by atoms with Crippen LogP contribution in [0.3, 0.4) is 0 Å². The Balaban J connectivity index is 2.63. The van der Waals surface area contributed by atoms with Crippen LogP contribution in [-0.4, -0.2) is 29.6 Å². The molecule has 0 heterocycles. The highest BCUT2D eigenvalue weighted by Gasteiger charge is 2.20. The van der Waals surface area contributed by atoms with Gasteiger partial charge in [0, 0.05) is 12.6 Å². The van der Waals surface area contributed by atoms with Gasteiger partial charge in [-0.05, 0) is 25.5 Å². The predicted molar refractivity (Wildman–Crippen MR) is 68.3 cm³/mol. The Hall–Kier alpha value is -0.860. The summed E-state index contributed by atoms with van der Waals surface area (Å²) in [5.41, 5.74) is 0.991. The van der Waals surface area contributed by atoms with Gasteiger partial charge in [-0.3, -0.25) is 0 Å². The van der Waals surface area contributed by atoms with Crippen molar-refractivity contribution >= 4 is 0 Å². The number of hydrogen-bond donors (Lipinski definition) is 1. The summed E-state index contributed by atoms with van der Waals surface area (Å²) in [6.07, 6.45) is -0.412. The summed E-state index contributed by atoms with van der Waals surface area (Å²) < 4.78 is 0. The molecule has 90 valence electrons. The van der Waals surface area contributed by atoms with E-state index in [1.54, 1.807) is 0 Å². The van der Waals surface area contributed by atoms with Crippen LogP contribution in [0.15, 0.2) is 30.3 Å². The molecule has 0 fully saturated rings. The lowest BCUT2D eigenvalue weighted by Gasteiger charge is -2.30. The Morgan fingerprint density at radius 1 is 1.12 bits per heavy atom. The molecule has 1 N–H and O–H groups in total. The monoisotopic (exact) mass is 221 g/mol. The van der Waals surface area contributed by atoms with E-state index in [9.17, 15) is 5.11 Å². The average Bonchev–Trinajstić information content (AvgIpc) is 2.27. The molecule has 0 unspecified atom stereocenters. The fraction of sp³-hybridized carbons (Fsp3) is 0.571. The van der Waals surface area contributed by atoms with Crippen molar-refractivity contribution in [2.45, 2.75) is 32.9 Å². The van der Waals surface area contributed by atoms with Crippen molar-refractivity contribution in [3.05, 3.63) is 35.9 Å². The molecule has 0 bridgehead atoms. The molecule has 1 aromatic carbocycles. The topological polar surface area (TPSA) is 23.5 Å². The Morgan fingerprint density at radius 3 is 2.19 bits per heavy atom. The Labute approximate surface area is 98.9 Å². The quantitative estimate of drug-likeness (QED) is 0.826. The first-order valence-corrected chi connectivity index (χ1v) is 5.95. The van der Waals surface area contributed by atoms with Crippen LogP contribution in [-0.2, 0) is 0 Å². The molecule has 0 saturated carbocycles. The van der Waals surface area contributed by atoms with Crippen LogP contribution in [0, 0.1) is 5.92 Å². The maximum absolute atomic E-state index is 10.2. The van der Waals surface area contributed by atoms with E-state index in [-0.39, 0.29) is 6.04 Å². The molecule has 16 heavy (non-hydrogen) atoms. The van der Waals surface area contributed by atoms with Gasteiger partial charge < -0.3 is 10.0 Å². The standard InChI is InChI=1S/C14H23NO/c1-11(2)10-15(4)12(3)14(16)13-8-6-5-7-9-13/h5-9,11-12,14,16H,10H2,1-4H3/t12-,14+/m0/s1. The number of hydrogen-bond acceptors (Lipinski definition) is 2. The van der Waals surface area contributed by atoms with Gasteiger partial charge in [0.25, 0.3) is 0 Å². The first kappa shape index (κ1) is 13.2. The van der Waals surface area contributed by atoms with E-state index in [2.05, 4.69) is 32.7 Å². The summed E-state index contributed by atoms with van der Waals surface area (Å²) in [4.78, 5) is 2.21. The minimum atomic E-state index is -0.412. The minimum Gasteiger partial charge on any atom is -0.387 e. The number of aliphatic hydroxyl groups is 1. The third-order valence-electron chi connectivity index (χ3n) is 2.95. The molecule has 0 aromatic heterocycles. The van der Waals surface area contributed by atoms with E-state index in [0.717, 1.165) is 12.1 Å². The molecule has 1 rings (SSSR count). The summed E-state index contributed by atoms with van der Waals surface area (Å²) in [5.74, 6) is 0.621. The smallest absolute Gasteiger partial charge is 0.0942 e. The van der Waals surface area contributed by atoms with Crippen LogP contribution in [0.2, 0.25) is 0 Å². The van der Waals surface area contributed by atoms with Gasteiger partial charge in [0.05, 0.1) is 6.10 Å². The van der Waals surface area contributed by atoms with Crippen molar-refractivity contribution < 1.29 is 5.11 Å². The van der Waals surface area contributed by atoms with E-state index < -0.39 is 6.10 Å². The number of aliphatic hydroxyl groups excluding tert-OH is 1. The second-order valence-corrected chi connectivity index (χ2v) is 4.93. The van der Waals surface area contributed by atoms with Gasteiger partial charge in [0.2, 0.25) is 0 Å². The normalized spacial score (nSPS) is 15.4. The van der Waals surface area contributed by atoms with E-state index in [1.807, 2.05) is 30.3 Å². The molecule has 0 radical (unpaired) electrons. The van der Waals surface area contributed by atoms with Gasteiger partial charge in [-0.1, -0.05) is 44.2 Å². The van der Waals surface area contributed by atoms with Crippen LogP contribution in [0.4, 0.5) is 0 Å².